The number of halogens is 3. The van der Waals surface area contributed by atoms with Gasteiger partial charge < -0.3 is 9.47 Å². The minimum Gasteiger partial charge on any atom is -0.493 e. The van der Waals surface area contributed by atoms with Gasteiger partial charge in [-0.25, -0.2) is 0 Å². The Morgan fingerprint density at radius 2 is 1.35 bits per heavy atom. The minimum atomic E-state index is -4.28. The van der Waals surface area contributed by atoms with Crippen molar-refractivity contribution in [2.45, 2.75) is 25.4 Å². The number of aryl methyl sites for hydroxylation is 2. The summed E-state index contributed by atoms with van der Waals surface area (Å²) in [7, 11) is 3.17. The van der Waals surface area contributed by atoms with E-state index in [0.717, 1.165) is 42.5 Å². The van der Waals surface area contributed by atoms with E-state index in [1.54, 1.807) is 14.2 Å². The molecule has 0 heterocycles. The van der Waals surface area contributed by atoms with Crippen LogP contribution in [-0.4, -0.2) is 14.2 Å². The lowest BCUT2D eigenvalue weighted by Gasteiger charge is -2.10. The number of hydrogen-bond donors (Lipinski definition) is 0. The van der Waals surface area contributed by atoms with E-state index >= 15 is 0 Å². The second-order valence-electron chi connectivity index (χ2n) is 5.24. The fraction of sp³-hybridized carbons (Fsp3) is 0.333. The Kier molecular flexibility index (Phi) is 5.53. The van der Waals surface area contributed by atoms with Crippen LogP contribution in [0.1, 0.15) is 23.1 Å². The lowest BCUT2D eigenvalue weighted by molar-refractivity contribution is -0.137. The Morgan fingerprint density at radius 1 is 0.783 bits per heavy atom. The summed E-state index contributed by atoms with van der Waals surface area (Å²) in [6.45, 7) is 0. The predicted molar refractivity (Wildman–Crippen MR) is 83.0 cm³/mol. The van der Waals surface area contributed by atoms with Gasteiger partial charge in [-0.2, -0.15) is 13.2 Å². The van der Waals surface area contributed by atoms with Gasteiger partial charge in [-0.05, 0) is 54.7 Å². The van der Waals surface area contributed by atoms with Crippen molar-refractivity contribution in [2.24, 2.45) is 0 Å². The zero-order chi connectivity index (χ0) is 16.9. The third-order valence-corrected chi connectivity index (χ3v) is 3.66. The third kappa shape index (κ3) is 4.65. The van der Waals surface area contributed by atoms with Crippen LogP contribution >= 0.6 is 0 Å². The van der Waals surface area contributed by atoms with Gasteiger partial charge in [0, 0.05) is 0 Å². The molecule has 0 unspecified atom stereocenters. The fourth-order valence-electron chi connectivity index (χ4n) is 2.39. The molecule has 23 heavy (non-hydrogen) atoms. The van der Waals surface area contributed by atoms with Crippen LogP contribution in [0.25, 0.3) is 0 Å². The molecule has 0 aromatic heterocycles. The highest BCUT2D eigenvalue weighted by molar-refractivity contribution is 5.42. The van der Waals surface area contributed by atoms with E-state index in [0.29, 0.717) is 11.5 Å². The molecule has 2 rings (SSSR count). The summed E-state index contributed by atoms with van der Waals surface area (Å²) in [6, 6.07) is 11.1. The van der Waals surface area contributed by atoms with Gasteiger partial charge in [-0.15, -0.1) is 0 Å². The van der Waals surface area contributed by atoms with Crippen molar-refractivity contribution in [3.8, 4) is 11.5 Å². The first kappa shape index (κ1) is 17.2. The molecule has 0 aliphatic carbocycles. The van der Waals surface area contributed by atoms with Crippen LogP contribution in [0.5, 0.6) is 11.5 Å². The maximum absolute atomic E-state index is 12.5. The topological polar surface area (TPSA) is 18.5 Å². The number of hydrogen-bond acceptors (Lipinski definition) is 2. The first-order valence-electron chi connectivity index (χ1n) is 7.31. The molecule has 2 nitrogen and oxygen atoms in total. The molecule has 0 atom stereocenters. The molecular weight excluding hydrogens is 305 g/mol. The van der Waals surface area contributed by atoms with E-state index in [9.17, 15) is 13.2 Å². The van der Waals surface area contributed by atoms with Gasteiger partial charge in [0.05, 0.1) is 19.8 Å². The van der Waals surface area contributed by atoms with Crippen LogP contribution < -0.4 is 9.47 Å². The average Bonchev–Trinajstić information content (AvgIpc) is 2.54. The van der Waals surface area contributed by atoms with Crippen LogP contribution in [0.15, 0.2) is 42.5 Å². The number of methoxy groups -OCH3 is 2. The standard InChI is InChI=1S/C18H19F3O2/c1-22-16-11-8-14(12-17(16)23-2)5-3-4-13-6-9-15(10-7-13)18(19,20)21/h6-12H,3-5H2,1-2H3. The molecule has 0 aliphatic heterocycles. The number of ether oxygens (including phenoxy) is 2. The molecule has 5 heteroatoms. The Hall–Kier alpha value is -2.17. The predicted octanol–water partition coefficient (Wildman–Crippen LogP) is 4.90. The SMILES string of the molecule is COc1ccc(CCCc2ccc(C(F)(F)F)cc2)cc1OC. The molecule has 0 N–H and O–H groups in total. The molecular formula is C18H19F3O2. The molecule has 0 amide bonds. The first-order valence-corrected chi connectivity index (χ1v) is 7.31. The molecule has 0 fully saturated rings. The number of alkyl halides is 3. The molecule has 2 aromatic rings. The summed E-state index contributed by atoms with van der Waals surface area (Å²) in [5, 5.41) is 0. The van der Waals surface area contributed by atoms with Crippen LogP contribution in [0, 0.1) is 0 Å². The van der Waals surface area contributed by atoms with E-state index in [-0.39, 0.29) is 0 Å². The second-order valence-corrected chi connectivity index (χ2v) is 5.24. The van der Waals surface area contributed by atoms with Crippen molar-refractivity contribution < 1.29 is 22.6 Å². The molecule has 0 spiro atoms. The molecule has 124 valence electrons. The third-order valence-electron chi connectivity index (χ3n) is 3.66. The van der Waals surface area contributed by atoms with Crippen LogP contribution in [0.3, 0.4) is 0 Å². The van der Waals surface area contributed by atoms with Gasteiger partial charge in [-0.1, -0.05) is 18.2 Å². The Bertz CT molecular complexity index is 634. The highest BCUT2D eigenvalue weighted by atomic mass is 19.4. The molecule has 0 bridgehead atoms. The number of rotatable bonds is 6. The Labute approximate surface area is 133 Å². The van der Waals surface area contributed by atoms with Crippen molar-refractivity contribution in [1.82, 2.24) is 0 Å². The quantitative estimate of drug-likeness (QED) is 0.752. The lowest BCUT2D eigenvalue weighted by Crippen LogP contribution is -2.04. The van der Waals surface area contributed by atoms with Gasteiger partial charge in [0.2, 0.25) is 0 Å². The molecule has 2 aromatic carbocycles. The van der Waals surface area contributed by atoms with Crippen LogP contribution in [0.2, 0.25) is 0 Å². The lowest BCUT2D eigenvalue weighted by atomic mass is 10.0. The average molecular weight is 324 g/mol. The van der Waals surface area contributed by atoms with Crippen molar-refractivity contribution in [1.29, 1.82) is 0 Å². The first-order chi connectivity index (χ1) is 10.9. The smallest absolute Gasteiger partial charge is 0.416 e. The van der Waals surface area contributed by atoms with Gasteiger partial charge >= 0.3 is 6.18 Å². The highest BCUT2D eigenvalue weighted by Gasteiger charge is 2.29. The van der Waals surface area contributed by atoms with E-state index in [4.69, 9.17) is 9.47 Å². The van der Waals surface area contributed by atoms with E-state index < -0.39 is 11.7 Å². The highest BCUT2D eigenvalue weighted by Crippen LogP contribution is 2.30. The minimum absolute atomic E-state index is 0.610. The Morgan fingerprint density at radius 3 is 1.91 bits per heavy atom. The van der Waals surface area contributed by atoms with Crippen molar-refractivity contribution in [2.75, 3.05) is 14.2 Å². The maximum Gasteiger partial charge on any atom is 0.416 e. The maximum atomic E-state index is 12.5. The monoisotopic (exact) mass is 324 g/mol. The van der Waals surface area contributed by atoms with Crippen molar-refractivity contribution in [3.05, 3.63) is 59.2 Å². The van der Waals surface area contributed by atoms with Gasteiger partial charge in [0.1, 0.15) is 0 Å². The summed E-state index contributed by atoms with van der Waals surface area (Å²) in [4.78, 5) is 0. The largest absolute Gasteiger partial charge is 0.493 e. The molecule has 0 saturated heterocycles. The van der Waals surface area contributed by atoms with Crippen molar-refractivity contribution in [3.63, 3.8) is 0 Å². The zero-order valence-corrected chi connectivity index (χ0v) is 13.1. The van der Waals surface area contributed by atoms with E-state index in [2.05, 4.69) is 0 Å². The van der Waals surface area contributed by atoms with E-state index in [1.165, 1.54) is 12.1 Å². The molecule has 0 aliphatic rings. The van der Waals surface area contributed by atoms with Gasteiger partial charge in [-0.3, -0.25) is 0 Å². The van der Waals surface area contributed by atoms with Crippen LogP contribution in [-0.2, 0) is 19.0 Å². The Balaban J connectivity index is 1.92. The van der Waals surface area contributed by atoms with Gasteiger partial charge in [0.25, 0.3) is 0 Å². The molecule has 0 saturated carbocycles. The summed E-state index contributed by atoms with van der Waals surface area (Å²) < 4.78 is 48.0. The van der Waals surface area contributed by atoms with Crippen molar-refractivity contribution >= 4 is 0 Å². The fourth-order valence-corrected chi connectivity index (χ4v) is 2.39. The second kappa shape index (κ2) is 7.40. The summed E-state index contributed by atoms with van der Waals surface area (Å²) in [6.07, 6.45) is -1.88. The van der Waals surface area contributed by atoms with Crippen LogP contribution in [0.4, 0.5) is 13.2 Å². The normalized spacial score (nSPS) is 11.3. The van der Waals surface area contributed by atoms with Gasteiger partial charge in [0.15, 0.2) is 11.5 Å². The summed E-state index contributed by atoms with van der Waals surface area (Å²) in [5.74, 6) is 1.36. The molecule has 0 radical (unpaired) electrons. The zero-order valence-electron chi connectivity index (χ0n) is 13.1. The summed E-state index contributed by atoms with van der Waals surface area (Å²) in [5.41, 5.74) is 1.40. The van der Waals surface area contributed by atoms with E-state index in [1.807, 2.05) is 18.2 Å². The number of benzene rings is 2. The summed E-state index contributed by atoms with van der Waals surface area (Å²) >= 11 is 0.